The van der Waals surface area contributed by atoms with Crippen LogP contribution < -0.4 is 15.8 Å². The van der Waals surface area contributed by atoms with Gasteiger partial charge in [0, 0.05) is 12.6 Å². The molecule has 0 bridgehead atoms. The van der Waals surface area contributed by atoms with Crippen molar-refractivity contribution in [2.75, 3.05) is 11.9 Å². The second kappa shape index (κ2) is 9.98. The van der Waals surface area contributed by atoms with Gasteiger partial charge in [-0.3, -0.25) is 4.79 Å². The minimum absolute atomic E-state index is 0. The van der Waals surface area contributed by atoms with Crippen LogP contribution in [0, 0.1) is 11.3 Å². The lowest BCUT2D eigenvalue weighted by molar-refractivity contribution is -0.118. The van der Waals surface area contributed by atoms with Crippen LogP contribution in [0.1, 0.15) is 29.2 Å². The molecule has 0 atom stereocenters. The summed E-state index contributed by atoms with van der Waals surface area (Å²) in [5.74, 6) is -0.521. The Morgan fingerprint density at radius 2 is 2.17 bits per heavy atom. The van der Waals surface area contributed by atoms with E-state index >= 15 is 0 Å². The average molecular weight is 420 g/mol. The Morgan fingerprint density at radius 3 is 2.83 bits per heavy atom. The lowest BCUT2D eigenvalue weighted by atomic mass is 10.1. The van der Waals surface area contributed by atoms with Crippen LogP contribution in [0.5, 0.6) is 5.75 Å². The lowest BCUT2D eigenvalue weighted by Gasteiger charge is -2.18. The summed E-state index contributed by atoms with van der Waals surface area (Å²) in [7, 11) is 0. The molecule has 11 nitrogen and oxygen atoms in total. The quantitative estimate of drug-likeness (QED) is 0.552. The number of carboxylic acid groups (broad SMARTS) is 1. The van der Waals surface area contributed by atoms with E-state index in [-0.39, 0.29) is 49.5 Å². The van der Waals surface area contributed by atoms with Gasteiger partial charge in [0.1, 0.15) is 23.8 Å². The van der Waals surface area contributed by atoms with Gasteiger partial charge in [-0.2, -0.15) is 19.9 Å². The zero-order chi connectivity index (χ0) is 19.4. The molecule has 0 saturated carbocycles. The molecule has 4 N–H and O–H groups in total. The predicted molar refractivity (Wildman–Crippen MR) is 105 cm³/mol. The van der Waals surface area contributed by atoms with Crippen molar-refractivity contribution in [3.8, 4) is 11.8 Å². The van der Waals surface area contributed by atoms with Gasteiger partial charge in [0.25, 0.3) is 11.7 Å². The number of benzene rings is 1. The molecule has 152 valence electrons. The van der Waals surface area contributed by atoms with Crippen molar-refractivity contribution in [1.82, 2.24) is 19.6 Å². The van der Waals surface area contributed by atoms with Gasteiger partial charge in [-0.25, -0.2) is 9.78 Å². The van der Waals surface area contributed by atoms with E-state index in [4.69, 9.17) is 20.8 Å². The first-order chi connectivity index (χ1) is 13.0. The van der Waals surface area contributed by atoms with Crippen LogP contribution in [0.2, 0.25) is 0 Å². The van der Waals surface area contributed by atoms with Crippen LogP contribution in [-0.4, -0.2) is 43.2 Å². The third-order valence-electron chi connectivity index (χ3n) is 3.50. The number of nitrogens with zero attached hydrogens (tertiary/aromatic N) is 5. The van der Waals surface area contributed by atoms with Crippen molar-refractivity contribution < 1.29 is 19.4 Å². The Hall–Kier alpha value is -3.75. The highest BCUT2D eigenvalue weighted by Crippen LogP contribution is 2.28. The van der Waals surface area contributed by atoms with Gasteiger partial charge in [0.15, 0.2) is 12.3 Å². The molecule has 29 heavy (non-hydrogen) atoms. The Kier molecular flexibility index (Phi) is 8.01. The number of aromatic nitrogens is 4. The van der Waals surface area contributed by atoms with Crippen LogP contribution in [-0.2, 0) is 11.3 Å². The lowest BCUT2D eigenvalue weighted by Crippen LogP contribution is -2.25. The molecule has 1 amide bonds. The predicted octanol–water partition coefficient (Wildman–Crippen LogP) is 1.23. The van der Waals surface area contributed by atoms with E-state index in [1.54, 1.807) is 0 Å². The fraction of sp³-hybridized carbons (Fsp3) is 0.176. The number of nitriles is 1. The number of aromatic carboxylic acids is 1. The molecule has 1 aromatic carbocycles. The smallest absolute Gasteiger partial charge is 0.354 e. The third kappa shape index (κ3) is 5.16. The van der Waals surface area contributed by atoms with Gasteiger partial charge in [0.2, 0.25) is 0 Å². The van der Waals surface area contributed by atoms with Crippen molar-refractivity contribution in [2.45, 2.75) is 14.0 Å². The number of nitrogens with one attached hydrogen (secondary N) is 1. The van der Waals surface area contributed by atoms with Crippen molar-refractivity contribution >= 4 is 35.7 Å². The molecule has 2 aromatic heterocycles. The molecule has 0 fully saturated rings. The maximum absolute atomic E-state index is 11.0. The van der Waals surface area contributed by atoms with Crippen molar-refractivity contribution in [2.24, 2.45) is 5.73 Å². The van der Waals surface area contributed by atoms with E-state index in [2.05, 4.69) is 20.4 Å². The summed E-state index contributed by atoms with van der Waals surface area (Å²) in [6, 6.07) is 8.48. The van der Waals surface area contributed by atoms with Crippen LogP contribution in [0.25, 0.3) is 5.78 Å². The van der Waals surface area contributed by atoms with Crippen molar-refractivity contribution in [3.63, 3.8) is 0 Å². The number of ether oxygens (including phenoxy) is 1. The Bertz CT molecular complexity index is 1080. The number of carbonyl (C=O) groups excluding carboxylic acids is 1. The summed E-state index contributed by atoms with van der Waals surface area (Å²) in [5, 5.41) is 23.8. The van der Waals surface area contributed by atoms with Crippen LogP contribution in [0.3, 0.4) is 0 Å². The molecule has 3 heterocycles. The molecular weight excluding hydrogens is 402 g/mol. The summed E-state index contributed by atoms with van der Waals surface area (Å²) in [6.45, 7) is 0.554. The number of hydrogen-bond donors (Lipinski definition) is 3. The Morgan fingerprint density at radius 1 is 1.41 bits per heavy atom. The zero-order valence-electron chi connectivity index (χ0n) is 14.2. The fourth-order valence-electron chi connectivity index (χ4n) is 2.26. The second-order valence-electron chi connectivity index (χ2n) is 5.29. The molecule has 0 spiro atoms. The number of rotatable bonds is 2. The summed E-state index contributed by atoms with van der Waals surface area (Å²) >= 11 is 0. The maximum Gasteiger partial charge on any atom is 0.354 e. The molecule has 0 radical (unpaired) electrons. The Labute approximate surface area is 171 Å². The van der Waals surface area contributed by atoms with Gasteiger partial charge in [-0.05, 0) is 17.7 Å². The SMILES string of the molecule is C.Cl.N#Cc1cc(C(=O)O)nc2ncnn12.NCc1ccc2c(c1)NC(=O)CO2. The highest BCUT2D eigenvalue weighted by molar-refractivity contribution is 5.95. The van der Waals surface area contributed by atoms with E-state index < -0.39 is 5.97 Å². The molecule has 0 saturated heterocycles. The van der Waals surface area contributed by atoms with Crippen LogP contribution in [0.4, 0.5) is 5.69 Å². The maximum atomic E-state index is 11.0. The van der Waals surface area contributed by atoms with Crippen LogP contribution in [0.15, 0.2) is 30.6 Å². The van der Waals surface area contributed by atoms with Gasteiger partial charge < -0.3 is 20.9 Å². The normalized spacial score (nSPS) is 11.2. The van der Waals surface area contributed by atoms with E-state index in [0.29, 0.717) is 18.0 Å². The van der Waals surface area contributed by atoms with Crippen LogP contribution >= 0.6 is 12.4 Å². The second-order valence-corrected chi connectivity index (χ2v) is 5.29. The first kappa shape index (κ1) is 23.3. The summed E-state index contributed by atoms with van der Waals surface area (Å²) in [6.07, 6.45) is 1.20. The summed E-state index contributed by atoms with van der Waals surface area (Å²) < 4.78 is 6.36. The summed E-state index contributed by atoms with van der Waals surface area (Å²) in [5.41, 5.74) is 7.02. The minimum Gasteiger partial charge on any atom is -0.482 e. The van der Waals surface area contributed by atoms with Gasteiger partial charge in [-0.1, -0.05) is 13.5 Å². The minimum atomic E-state index is -1.20. The van der Waals surface area contributed by atoms with Gasteiger partial charge in [-0.15, -0.1) is 12.4 Å². The van der Waals surface area contributed by atoms with E-state index in [0.717, 1.165) is 11.6 Å². The molecule has 4 rings (SSSR count). The number of fused-ring (bicyclic) bond motifs is 2. The van der Waals surface area contributed by atoms with Crippen molar-refractivity contribution in [3.05, 3.63) is 47.5 Å². The highest BCUT2D eigenvalue weighted by atomic mass is 35.5. The number of anilines is 1. The number of amides is 1. The number of halogens is 1. The summed E-state index contributed by atoms with van der Waals surface area (Å²) in [4.78, 5) is 28.9. The fourth-order valence-corrected chi connectivity index (χ4v) is 2.26. The third-order valence-corrected chi connectivity index (χ3v) is 3.50. The first-order valence-electron chi connectivity index (χ1n) is 7.61. The average Bonchev–Trinajstić information content (AvgIpc) is 3.15. The topological polar surface area (TPSA) is 169 Å². The van der Waals surface area contributed by atoms with Gasteiger partial charge >= 0.3 is 5.97 Å². The molecule has 1 aliphatic heterocycles. The number of carboxylic acids is 1. The van der Waals surface area contributed by atoms with E-state index in [1.165, 1.54) is 10.8 Å². The number of hydrogen-bond acceptors (Lipinski definition) is 8. The number of carbonyl (C=O) groups is 2. The molecular formula is C17H18ClN7O4. The standard InChI is InChI=1S/C9H10N2O2.C7H3N5O2.CH4.ClH/c10-4-6-1-2-8-7(3-6)11-9(12)5-13-8;8-2-4-1-5(6(13)14)11-7-9-3-10-12(4)7;;/h1-3H,4-5,10H2,(H,11,12);1,3H,(H,13,14);1H4;1H. The Balaban J connectivity index is 0.000000272. The largest absolute Gasteiger partial charge is 0.482 e. The van der Waals surface area contributed by atoms with E-state index in [9.17, 15) is 9.59 Å². The molecule has 0 unspecified atom stereocenters. The van der Waals surface area contributed by atoms with Crippen molar-refractivity contribution in [1.29, 1.82) is 5.26 Å². The zero-order valence-corrected chi connectivity index (χ0v) is 15.0. The van der Waals surface area contributed by atoms with E-state index in [1.807, 2.05) is 24.3 Å². The number of nitrogens with two attached hydrogens (primary N) is 1. The molecule has 0 aliphatic carbocycles. The highest BCUT2D eigenvalue weighted by Gasteiger charge is 2.15. The van der Waals surface area contributed by atoms with Gasteiger partial charge in [0.05, 0.1) is 5.69 Å². The monoisotopic (exact) mass is 419 g/mol. The molecule has 3 aromatic rings. The first-order valence-corrected chi connectivity index (χ1v) is 7.61. The molecule has 1 aliphatic rings. The molecule has 12 heteroatoms.